The zero-order chi connectivity index (χ0) is 20.5. The molecule has 1 saturated heterocycles. The van der Waals surface area contributed by atoms with Gasteiger partial charge in [0.15, 0.2) is 5.76 Å². The molecular formula is C20H24N2O6. The van der Waals surface area contributed by atoms with Crippen LogP contribution >= 0.6 is 0 Å². The molecule has 8 heteroatoms. The largest absolute Gasteiger partial charge is 0.473 e. The van der Waals surface area contributed by atoms with Crippen LogP contribution in [0.4, 0.5) is 0 Å². The Morgan fingerprint density at radius 3 is 1.96 bits per heavy atom. The zero-order valence-corrected chi connectivity index (χ0v) is 15.7. The molecule has 1 aromatic heterocycles. The van der Waals surface area contributed by atoms with Crippen molar-refractivity contribution in [2.45, 2.75) is 19.9 Å². The van der Waals surface area contributed by atoms with Gasteiger partial charge in [-0.25, -0.2) is 9.59 Å². The maximum atomic E-state index is 12.2. The van der Waals surface area contributed by atoms with Gasteiger partial charge in [-0.1, -0.05) is 31.2 Å². The highest BCUT2D eigenvalue weighted by molar-refractivity contribution is 6.27. The van der Waals surface area contributed by atoms with Crippen molar-refractivity contribution in [1.82, 2.24) is 9.80 Å². The minimum Gasteiger partial charge on any atom is -0.473 e. The number of hydrogen-bond donors (Lipinski definition) is 2. The van der Waals surface area contributed by atoms with Crippen LogP contribution < -0.4 is 0 Å². The van der Waals surface area contributed by atoms with Gasteiger partial charge >= 0.3 is 11.9 Å². The fourth-order valence-electron chi connectivity index (χ4n) is 2.80. The normalized spacial score (nSPS) is 14.1. The van der Waals surface area contributed by atoms with E-state index in [4.69, 9.17) is 24.2 Å². The minimum atomic E-state index is -1.82. The molecule has 0 atom stereocenters. The van der Waals surface area contributed by atoms with E-state index in [1.807, 2.05) is 4.90 Å². The van der Waals surface area contributed by atoms with Gasteiger partial charge in [-0.05, 0) is 29.7 Å². The van der Waals surface area contributed by atoms with Crippen LogP contribution in [0.1, 0.15) is 28.6 Å². The quantitative estimate of drug-likeness (QED) is 0.770. The number of hydrogen-bond acceptors (Lipinski definition) is 5. The van der Waals surface area contributed by atoms with Gasteiger partial charge in [0.1, 0.15) is 0 Å². The monoisotopic (exact) mass is 388 g/mol. The van der Waals surface area contributed by atoms with E-state index in [1.165, 1.54) is 11.1 Å². The first kappa shape index (κ1) is 21.2. The summed E-state index contributed by atoms with van der Waals surface area (Å²) >= 11 is 0. The van der Waals surface area contributed by atoms with Gasteiger partial charge in [0.25, 0.3) is 5.91 Å². The number of piperazine rings is 1. The maximum Gasteiger partial charge on any atom is 0.414 e. The lowest BCUT2D eigenvalue weighted by Crippen LogP contribution is -2.48. The molecular weight excluding hydrogens is 364 g/mol. The molecule has 0 spiro atoms. The summed E-state index contributed by atoms with van der Waals surface area (Å²) in [6.07, 6.45) is 2.62. The smallest absolute Gasteiger partial charge is 0.414 e. The lowest BCUT2D eigenvalue weighted by Gasteiger charge is -2.34. The van der Waals surface area contributed by atoms with Gasteiger partial charge in [0, 0.05) is 32.7 Å². The van der Waals surface area contributed by atoms with Gasteiger partial charge in [-0.3, -0.25) is 9.69 Å². The molecule has 150 valence electrons. The molecule has 2 heterocycles. The number of nitrogens with zero attached hydrogens (tertiary/aromatic N) is 2. The predicted molar refractivity (Wildman–Crippen MR) is 101 cm³/mol. The number of amides is 1. The molecule has 0 aliphatic carbocycles. The Labute approximate surface area is 163 Å². The van der Waals surface area contributed by atoms with E-state index in [-0.39, 0.29) is 5.91 Å². The van der Waals surface area contributed by atoms with Crippen molar-refractivity contribution in [3.8, 4) is 0 Å². The number of carboxylic acid groups (broad SMARTS) is 2. The Morgan fingerprint density at radius 1 is 0.929 bits per heavy atom. The Kier molecular flexibility index (Phi) is 7.76. The van der Waals surface area contributed by atoms with E-state index in [0.29, 0.717) is 5.76 Å². The summed E-state index contributed by atoms with van der Waals surface area (Å²) in [5.74, 6) is -3.22. The third-order valence-electron chi connectivity index (χ3n) is 4.41. The summed E-state index contributed by atoms with van der Waals surface area (Å²) in [7, 11) is 0. The number of aryl methyl sites for hydroxylation is 1. The fourth-order valence-corrected chi connectivity index (χ4v) is 2.80. The third-order valence-corrected chi connectivity index (χ3v) is 4.41. The average molecular weight is 388 g/mol. The number of carbonyl (C=O) groups is 3. The number of benzene rings is 1. The second-order valence-corrected chi connectivity index (χ2v) is 6.33. The summed E-state index contributed by atoms with van der Waals surface area (Å²) in [6, 6.07) is 12.3. The molecule has 1 fully saturated rings. The van der Waals surface area contributed by atoms with E-state index in [0.717, 1.165) is 39.1 Å². The van der Waals surface area contributed by atoms with Crippen LogP contribution in [-0.2, 0) is 22.6 Å². The molecule has 8 nitrogen and oxygen atoms in total. The van der Waals surface area contributed by atoms with Gasteiger partial charge < -0.3 is 19.5 Å². The average Bonchev–Trinajstić information content (AvgIpc) is 3.24. The van der Waals surface area contributed by atoms with Crippen molar-refractivity contribution < 1.29 is 29.0 Å². The SMILES string of the molecule is CCc1ccc(CN2CCN(C(=O)c3ccco3)CC2)cc1.O=C(O)C(=O)O. The molecule has 0 radical (unpaired) electrons. The maximum absolute atomic E-state index is 12.2. The zero-order valence-electron chi connectivity index (χ0n) is 15.7. The van der Waals surface area contributed by atoms with Crippen molar-refractivity contribution in [3.63, 3.8) is 0 Å². The highest BCUT2D eigenvalue weighted by Gasteiger charge is 2.23. The standard InChI is InChI=1S/C18H22N2O2.C2H2O4/c1-2-15-5-7-16(8-6-15)14-19-9-11-20(12-10-19)18(21)17-4-3-13-22-17;3-1(4)2(5)6/h3-8,13H,2,9-12,14H2,1H3;(H,3,4)(H,5,6). The van der Waals surface area contributed by atoms with Crippen LogP contribution in [0.15, 0.2) is 47.1 Å². The third kappa shape index (κ3) is 6.24. The Balaban J connectivity index is 0.000000409. The highest BCUT2D eigenvalue weighted by atomic mass is 16.4. The molecule has 0 unspecified atom stereocenters. The van der Waals surface area contributed by atoms with Crippen molar-refractivity contribution in [1.29, 1.82) is 0 Å². The molecule has 1 aliphatic rings. The van der Waals surface area contributed by atoms with Crippen molar-refractivity contribution in [2.24, 2.45) is 0 Å². The van der Waals surface area contributed by atoms with E-state index < -0.39 is 11.9 Å². The van der Waals surface area contributed by atoms with Crippen LogP contribution in [0.3, 0.4) is 0 Å². The van der Waals surface area contributed by atoms with Gasteiger partial charge in [0.05, 0.1) is 6.26 Å². The van der Waals surface area contributed by atoms with Crippen LogP contribution in [0.5, 0.6) is 0 Å². The summed E-state index contributed by atoms with van der Waals surface area (Å²) in [4.78, 5) is 34.7. The lowest BCUT2D eigenvalue weighted by molar-refractivity contribution is -0.159. The number of aliphatic carboxylic acids is 2. The lowest BCUT2D eigenvalue weighted by atomic mass is 10.1. The van der Waals surface area contributed by atoms with Crippen LogP contribution in [-0.4, -0.2) is 64.0 Å². The van der Waals surface area contributed by atoms with Crippen LogP contribution in [0, 0.1) is 0 Å². The molecule has 2 N–H and O–H groups in total. The predicted octanol–water partition coefficient (Wildman–Crippen LogP) is 1.96. The molecule has 0 saturated carbocycles. The molecule has 1 amide bonds. The van der Waals surface area contributed by atoms with Crippen LogP contribution in [0.25, 0.3) is 0 Å². The highest BCUT2D eigenvalue weighted by Crippen LogP contribution is 2.13. The molecule has 1 aromatic carbocycles. The van der Waals surface area contributed by atoms with Crippen molar-refractivity contribution >= 4 is 17.8 Å². The summed E-state index contributed by atoms with van der Waals surface area (Å²) < 4.78 is 5.19. The molecule has 28 heavy (non-hydrogen) atoms. The number of carboxylic acids is 2. The van der Waals surface area contributed by atoms with Crippen molar-refractivity contribution in [3.05, 3.63) is 59.5 Å². The Morgan fingerprint density at radius 2 is 1.50 bits per heavy atom. The van der Waals surface area contributed by atoms with Gasteiger partial charge in [0.2, 0.25) is 0 Å². The summed E-state index contributed by atoms with van der Waals surface area (Å²) in [5.41, 5.74) is 2.71. The number of furan rings is 1. The van der Waals surface area contributed by atoms with Crippen LogP contribution in [0.2, 0.25) is 0 Å². The van der Waals surface area contributed by atoms with Crippen molar-refractivity contribution in [2.75, 3.05) is 26.2 Å². The summed E-state index contributed by atoms with van der Waals surface area (Å²) in [5, 5.41) is 14.8. The molecule has 3 rings (SSSR count). The van der Waals surface area contributed by atoms with E-state index in [9.17, 15) is 4.79 Å². The first-order valence-corrected chi connectivity index (χ1v) is 9.00. The van der Waals surface area contributed by atoms with Gasteiger partial charge in [-0.2, -0.15) is 0 Å². The Hall–Kier alpha value is -3.13. The molecule has 0 bridgehead atoms. The Bertz CT molecular complexity index is 766. The van der Waals surface area contributed by atoms with E-state index in [2.05, 4.69) is 36.1 Å². The second-order valence-electron chi connectivity index (χ2n) is 6.33. The minimum absolute atomic E-state index is 0.00283. The van der Waals surface area contributed by atoms with E-state index >= 15 is 0 Å². The molecule has 2 aromatic rings. The topological polar surface area (TPSA) is 111 Å². The fraction of sp³-hybridized carbons (Fsp3) is 0.350. The summed E-state index contributed by atoms with van der Waals surface area (Å²) in [6.45, 7) is 6.44. The number of rotatable bonds is 4. The first-order valence-electron chi connectivity index (χ1n) is 9.00. The number of carbonyl (C=O) groups excluding carboxylic acids is 1. The first-order chi connectivity index (χ1) is 13.4. The van der Waals surface area contributed by atoms with E-state index in [1.54, 1.807) is 18.4 Å². The molecule has 1 aliphatic heterocycles. The second kappa shape index (κ2) is 10.3. The van der Waals surface area contributed by atoms with Gasteiger partial charge in [-0.15, -0.1) is 0 Å².